The maximum absolute atomic E-state index is 13.2. The predicted molar refractivity (Wildman–Crippen MR) is 268 cm³/mol. The molecule has 4 aliphatic rings. The van der Waals surface area contributed by atoms with Crippen molar-refractivity contribution in [1.29, 1.82) is 0 Å². The number of nitrogens with zero attached hydrogens (tertiary/aromatic N) is 1. The van der Waals surface area contributed by atoms with Gasteiger partial charge in [-0.05, 0) is 97.7 Å². The molecule has 0 bridgehead atoms. The number of hydrogen-bond acceptors (Lipinski definition) is 9. The van der Waals surface area contributed by atoms with E-state index in [0.29, 0.717) is 28.8 Å². The minimum Gasteiger partial charge on any atom is -0.462 e. The van der Waals surface area contributed by atoms with Crippen molar-refractivity contribution < 1.29 is 51.6 Å². The van der Waals surface area contributed by atoms with Gasteiger partial charge in [0.15, 0.2) is 6.10 Å². The van der Waals surface area contributed by atoms with Crippen molar-refractivity contribution in [2.24, 2.45) is 46.3 Å². The molecule has 0 aliphatic heterocycles. The van der Waals surface area contributed by atoms with E-state index < -0.39 is 38.4 Å². The molecule has 0 radical (unpaired) electrons. The molecule has 67 heavy (non-hydrogen) atoms. The molecule has 0 spiro atoms. The number of carbonyl (C=O) groups is 3. The van der Waals surface area contributed by atoms with Crippen LogP contribution in [-0.2, 0) is 42.2 Å². The summed E-state index contributed by atoms with van der Waals surface area (Å²) in [6, 6.07) is 0. The van der Waals surface area contributed by atoms with E-state index in [1.165, 1.54) is 108 Å². The standard InChI is InChI=1S/C55H98NO10P/c1-10-11-12-13-14-15-16-17-18-19-20-21-22-26-51(57)62-40-46(41-64-67(60,61)63-38-37-56(7,8)9)66-53(59)32-31-52(58)65-45-33-35-54(5)44(39-45)27-28-47-49-30-29-48(43(4)25-23-24-42(2)3)55(49,6)36-34-50(47)54/h27,42-43,45-50H,10-26,28-41H2,1-9H3/p+1/t43-,45+,46?,47+,48-,49+,50+,54+,55-/m1/s1. The Morgan fingerprint density at radius 1 is 0.746 bits per heavy atom. The van der Waals surface area contributed by atoms with Crippen LogP contribution in [0.25, 0.3) is 0 Å². The summed E-state index contributed by atoms with van der Waals surface area (Å²) < 4.78 is 40.6. The Kier molecular flexibility index (Phi) is 24.4. The van der Waals surface area contributed by atoms with E-state index >= 15 is 0 Å². The first-order valence-electron chi connectivity index (χ1n) is 27.4. The van der Waals surface area contributed by atoms with Gasteiger partial charge < -0.3 is 23.6 Å². The lowest BCUT2D eigenvalue weighted by Gasteiger charge is -2.58. The lowest BCUT2D eigenvalue weighted by atomic mass is 9.47. The van der Waals surface area contributed by atoms with Crippen LogP contribution in [0.1, 0.15) is 215 Å². The average molecular weight is 965 g/mol. The molecule has 0 aromatic rings. The second-order valence-electron chi connectivity index (χ2n) is 23.5. The summed E-state index contributed by atoms with van der Waals surface area (Å²) in [5, 5.41) is 0. The number of rotatable bonds is 33. The fourth-order valence-electron chi connectivity index (χ4n) is 12.8. The van der Waals surface area contributed by atoms with Gasteiger partial charge in [-0.15, -0.1) is 0 Å². The molecule has 388 valence electrons. The van der Waals surface area contributed by atoms with E-state index in [0.717, 1.165) is 74.5 Å². The summed E-state index contributed by atoms with van der Waals surface area (Å²) in [6.07, 6.45) is 29.7. The highest BCUT2D eigenvalue weighted by Crippen LogP contribution is 2.67. The van der Waals surface area contributed by atoms with Gasteiger partial charge >= 0.3 is 25.7 Å². The monoisotopic (exact) mass is 965 g/mol. The number of phosphoric acid groups is 1. The highest BCUT2D eigenvalue weighted by atomic mass is 31.2. The SMILES string of the molecule is CCCCCCCCCCCCCCCC(=O)OCC(COP(=O)(O)OCC[N+](C)(C)C)OC(=O)CCC(=O)O[C@H]1CC[C@@]2(C)C(=CC[C@H]3[C@@H]4CC[C@H]([C@H](C)CCCC(C)C)[C@@]4(C)CC[C@@H]32)C1. The lowest BCUT2D eigenvalue weighted by molar-refractivity contribution is -0.870. The summed E-state index contributed by atoms with van der Waals surface area (Å²) in [7, 11) is 1.31. The topological polar surface area (TPSA) is 135 Å². The molecular formula is C55H99NO10P+. The van der Waals surface area contributed by atoms with Crippen molar-refractivity contribution in [3.05, 3.63) is 11.6 Å². The molecule has 11 nitrogen and oxygen atoms in total. The molecule has 0 aromatic heterocycles. The number of quaternary nitrogens is 1. The zero-order chi connectivity index (χ0) is 49.1. The van der Waals surface area contributed by atoms with Crippen LogP contribution in [0.3, 0.4) is 0 Å². The van der Waals surface area contributed by atoms with Crippen molar-refractivity contribution in [2.45, 2.75) is 227 Å². The summed E-state index contributed by atoms with van der Waals surface area (Å²) in [5.74, 6) is 3.01. The van der Waals surface area contributed by atoms with E-state index in [9.17, 15) is 23.8 Å². The van der Waals surface area contributed by atoms with E-state index in [-0.39, 0.29) is 44.0 Å². The van der Waals surface area contributed by atoms with Crippen LogP contribution < -0.4 is 0 Å². The molecule has 0 aromatic carbocycles. The molecule has 10 atom stereocenters. The Morgan fingerprint density at radius 2 is 1.39 bits per heavy atom. The van der Waals surface area contributed by atoms with E-state index in [4.69, 9.17) is 23.3 Å². The molecule has 2 unspecified atom stereocenters. The number of allylic oxidation sites excluding steroid dienone is 1. The number of carbonyl (C=O) groups excluding carboxylic acids is 3. The molecule has 3 fully saturated rings. The third-order valence-corrected chi connectivity index (χ3v) is 17.7. The van der Waals surface area contributed by atoms with Gasteiger partial charge in [0.25, 0.3) is 0 Å². The fourth-order valence-corrected chi connectivity index (χ4v) is 13.5. The largest absolute Gasteiger partial charge is 0.472 e. The third kappa shape index (κ3) is 19.4. The Hall–Kier alpha value is -1.78. The first kappa shape index (κ1) is 57.8. The van der Waals surface area contributed by atoms with Crippen LogP contribution in [0.2, 0.25) is 0 Å². The predicted octanol–water partition coefficient (Wildman–Crippen LogP) is 13.5. The van der Waals surface area contributed by atoms with Gasteiger partial charge in [0.2, 0.25) is 0 Å². The molecular weight excluding hydrogens is 866 g/mol. The normalized spacial score (nSPS) is 27.8. The maximum Gasteiger partial charge on any atom is 0.472 e. The van der Waals surface area contributed by atoms with Crippen molar-refractivity contribution in [3.8, 4) is 0 Å². The number of esters is 3. The Labute approximate surface area is 408 Å². The Balaban J connectivity index is 1.20. The van der Waals surface area contributed by atoms with Crippen LogP contribution >= 0.6 is 7.82 Å². The average Bonchev–Trinajstić information content (AvgIpc) is 3.62. The van der Waals surface area contributed by atoms with Crippen LogP contribution in [-0.4, -0.2) is 87.0 Å². The van der Waals surface area contributed by atoms with Gasteiger partial charge in [-0.3, -0.25) is 23.4 Å². The molecule has 1 N–H and O–H groups in total. The van der Waals surface area contributed by atoms with Gasteiger partial charge in [0.1, 0.15) is 25.9 Å². The zero-order valence-corrected chi connectivity index (χ0v) is 45.0. The molecule has 3 saturated carbocycles. The zero-order valence-electron chi connectivity index (χ0n) is 44.1. The highest BCUT2D eigenvalue weighted by Gasteiger charge is 2.59. The molecule has 0 heterocycles. The van der Waals surface area contributed by atoms with Crippen LogP contribution in [0.4, 0.5) is 0 Å². The lowest BCUT2D eigenvalue weighted by Crippen LogP contribution is -2.51. The smallest absolute Gasteiger partial charge is 0.462 e. The first-order chi connectivity index (χ1) is 31.8. The number of unbranched alkanes of at least 4 members (excludes halogenated alkanes) is 12. The highest BCUT2D eigenvalue weighted by molar-refractivity contribution is 7.47. The van der Waals surface area contributed by atoms with Crippen LogP contribution in [0.5, 0.6) is 0 Å². The van der Waals surface area contributed by atoms with Gasteiger partial charge in [-0.2, -0.15) is 0 Å². The van der Waals surface area contributed by atoms with Crippen LogP contribution in [0.15, 0.2) is 11.6 Å². The number of hydrogen-bond donors (Lipinski definition) is 1. The van der Waals surface area contributed by atoms with Crippen LogP contribution in [0, 0.1) is 46.3 Å². The molecule has 12 heteroatoms. The number of likely N-dealkylation sites (N-methyl/N-ethyl adjacent to an activating group) is 1. The van der Waals surface area contributed by atoms with Crippen molar-refractivity contribution in [2.75, 3.05) is 47.5 Å². The molecule has 0 saturated heterocycles. The summed E-state index contributed by atoms with van der Waals surface area (Å²) >= 11 is 0. The van der Waals surface area contributed by atoms with Gasteiger partial charge in [0, 0.05) is 12.8 Å². The van der Waals surface area contributed by atoms with Crippen molar-refractivity contribution in [3.63, 3.8) is 0 Å². The summed E-state index contributed by atoms with van der Waals surface area (Å²) in [6.45, 7) is 14.2. The number of ether oxygens (including phenoxy) is 3. The molecule has 4 aliphatic carbocycles. The third-order valence-electron chi connectivity index (χ3n) is 16.7. The minimum atomic E-state index is -4.48. The molecule has 0 amide bonds. The van der Waals surface area contributed by atoms with Crippen molar-refractivity contribution in [1.82, 2.24) is 0 Å². The van der Waals surface area contributed by atoms with Gasteiger partial charge in [-0.25, -0.2) is 4.57 Å². The quantitative estimate of drug-likeness (QED) is 0.0169. The molecule has 4 rings (SSSR count). The second kappa shape index (κ2) is 28.3. The minimum absolute atomic E-state index is 0.0187. The summed E-state index contributed by atoms with van der Waals surface area (Å²) in [5.41, 5.74) is 2.03. The van der Waals surface area contributed by atoms with E-state index in [2.05, 4.69) is 47.6 Å². The van der Waals surface area contributed by atoms with Crippen molar-refractivity contribution >= 4 is 25.7 Å². The van der Waals surface area contributed by atoms with E-state index in [1.54, 1.807) is 0 Å². The fraction of sp³-hybridized carbons (Fsp3) is 0.909. The Morgan fingerprint density at radius 3 is 2.03 bits per heavy atom. The number of fused-ring (bicyclic) bond motifs is 5. The van der Waals surface area contributed by atoms with E-state index in [1.807, 2.05) is 21.1 Å². The maximum atomic E-state index is 13.2. The second-order valence-corrected chi connectivity index (χ2v) is 25.0. The number of phosphoric ester groups is 1. The summed E-state index contributed by atoms with van der Waals surface area (Å²) in [4.78, 5) is 49.3. The van der Waals surface area contributed by atoms with Gasteiger partial charge in [-0.1, -0.05) is 150 Å². The first-order valence-corrected chi connectivity index (χ1v) is 28.9. The Bertz CT molecular complexity index is 1580. The van der Waals surface area contributed by atoms with Gasteiger partial charge in [0.05, 0.1) is 40.6 Å².